The first-order valence-corrected chi connectivity index (χ1v) is 6.22. The lowest BCUT2D eigenvalue weighted by molar-refractivity contribution is 0.479. The van der Waals surface area contributed by atoms with E-state index in [0.717, 1.165) is 0 Å². The number of aryl methyl sites for hydroxylation is 1. The van der Waals surface area contributed by atoms with Crippen LogP contribution in [0.4, 0.5) is 8.78 Å². The molecular weight excluding hydrogens is 268 g/mol. The third kappa shape index (κ3) is 2.36. The van der Waals surface area contributed by atoms with Crippen molar-refractivity contribution < 1.29 is 8.78 Å². The molecule has 0 radical (unpaired) electrons. The fourth-order valence-corrected chi connectivity index (χ4v) is 2.48. The van der Waals surface area contributed by atoms with Crippen LogP contribution in [0.1, 0.15) is 23.6 Å². The summed E-state index contributed by atoms with van der Waals surface area (Å²) in [6, 6.07) is 9.40. The van der Waals surface area contributed by atoms with E-state index in [4.69, 9.17) is 17.3 Å². The van der Waals surface area contributed by atoms with Crippen molar-refractivity contribution in [3.05, 3.63) is 69.7 Å². The average Bonchev–Trinajstić information content (AvgIpc) is 2.34. The predicted octanol–water partition coefficient (Wildman–Crippen LogP) is 4.15. The second-order valence-electron chi connectivity index (χ2n) is 4.74. The Bertz CT molecular complexity index is 624. The van der Waals surface area contributed by atoms with E-state index in [9.17, 15) is 8.78 Å². The molecular formula is C15H14ClF2N. The van der Waals surface area contributed by atoms with Crippen LogP contribution < -0.4 is 5.73 Å². The maximum atomic E-state index is 14.2. The summed E-state index contributed by atoms with van der Waals surface area (Å²) in [5.41, 5.74) is 5.50. The van der Waals surface area contributed by atoms with Crippen molar-refractivity contribution in [2.75, 3.05) is 0 Å². The maximum Gasteiger partial charge on any atom is 0.134 e. The van der Waals surface area contributed by atoms with Crippen molar-refractivity contribution in [1.82, 2.24) is 0 Å². The van der Waals surface area contributed by atoms with E-state index in [-0.39, 0.29) is 5.56 Å². The summed E-state index contributed by atoms with van der Waals surface area (Å²) in [6.45, 7) is 3.12. The summed E-state index contributed by atoms with van der Waals surface area (Å²) in [5, 5.41) is 0.382. The monoisotopic (exact) mass is 281 g/mol. The van der Waals surface area contributed by atoms with Crippen molar-refractivity contribution in [3.8, 4) is 0 Å². The minimum Gasteiger partial charge on any atom is -0.318 e. The second-order valence-corrected chi connectivity index (χ2v) is 5.14. The van der Waals surface area contributed by atoms with Gasteiger partial charge in [-0.3, -0.25) is 0 Å². The van der Waals surface area contributed by atoms with Crippen molar-refractivity contribution in [2.45, 2.75) is 19.4 Å². The van der Waals surface area contributed by atoms with E-state index >= 15 is 0 Å². The Hall–Kier alpha value is -1.45. The molecule has 2 aromatic rings. The predicted molar refractivity (Wildman–Crippen MR) is 73.2 cm³/mol. The number of nitrogens with two attached hydrogens (primary N) is 1. The van der Waals surface area contributed by atoms with Gasteiger partial charge in [0.1, 0.15) is 11.6 Å². The molecule has 0 saturated heterocycles. The summed E-state index contributed by atoms with van der Waals surface area (Å²) in [4.78, 5) is 0. The first-order valence-electron chi connectivity index (χ1n) is 5.84. The summed E-state index contributed by atoms with van der Waals surface area (Å²) < 4.78 is 28.2. The van der Waals surface area contributed by atoms with Gasteiger partial charge in [0.2, 0.25) is 0 Å². The molecule has 100 valence electrons. The van der Waals surface area contributed by atoms with Crippen molar-refractivity contribution in [1.29, 1.82) is 0 Å². The number of halogens is 3. The minimum absolute atomic E-state index is 0.166. The van der Waals surface area contributed by atoms with Gasteiger partial charge < -0.3 is 5.73 Å². The van der Waals surface area contributed by atoms with Gasteiger partial charge in [0, 0.05) is 10.6 Å². The normalized spacial score (nSPS) is 14.2. The Morgan fingerprint density at radius 3 is 2.37 bits per heavy atom. The lowest BCUT2D eigenvalue weighted by atomic mass is 9.84. The smallest absolute Gasteiger partial charge is 0.134 e. The van der Waals surface area contributed by atoms with Crippen LogP contribution in [0.5, 0.6) is 0 Å². The molecule has 0 saturated carbocycles. The van der Waals surface area contributed by atoms with E-state index in [1.807, 2.05) is 0 Å². The Morgan fingerprint density at radius 2 is 1.74 bits per heavy atom. The quantitative estimate of drug-likeness (QED) is 0.879. The van der Waals surface area contributed by atoms with Gasteiger partial charge in [-0.15, -0.1) is 0 Å². The molecule has 2 N–H and O–H groups in total. The van der Waals surface area contributed by atoms with Crippen LogP contribution in [-0.4, -0.2) is 0 Å². The number of hydrogen-bond acceptors (Lipinski definition) is 1. The third-order valence-corrected chi connectivity index (χ3v) is 3.57. The fourth-order valence-electron chi connectivity index (χ4n) is 2.15. The molecule has 1 atom stereocenters. The van der Waals surface area contributed by atoms with E-state index < -0.39 is 17.2 Å². The number of benzene rings is 2. The third-order valence-electron chi connectivity index (χ3n) is 3.24. The molecule has 19 heavy (non-hydrogen) atoms. The second kappa shape index (κ2) is 4.91. The molecule has 0 heterocycles. The number of rotatable bonds is 2. The van der Waals surface area contributed by atoms with Gasteiger partial charge in [-0.1, -0.05) is 35.9 Å². The topological polar surface area (TPSA) is 26.0 Å². The zero-order valence-electron chi connectivity index (χ0n) is 10.7. The van der Waals surface area contributed by atoms with Crippen LogP contribution in [-0.2, 0) is 5.54 Å². The van der Waals surface area contributed by atoms with Crippen LogP contribution in [0.25, 0.3) is 0 Å². The highest BCUT2D eigenvalue weighted by molar-refractivity contribution is 6.31. The SMILES string of the molecule is Cc1ccc(F)c(C(C)(N)c2ccccc2Cl)c1F. The molecule has 0 aromatic heterocycles. The zero-order chi connectivity index (χ0) is 14.2. The van der Waals surface area contributed by atoms with E-state index in [1.165, 1.54) is 12.1 Å². The highest BCUT2D eigenvalue weighted by atomic mass is 35.5. The molecule has 2 rings (SSSR count). The summed E-state index contributed by atoms with van der Waals surface area (Å²) in [5.74, 6) is -1.31. The highest BCUT2D eigenvalue weighted by Crippen LogP contribution is 2.35. The summed E-state index contributed by atoms with van der Waals surface area (Å²) in [6.07, 6.45) is 0. The van der Waals surface area contributed by atoms with Gasteiger partial charge in [-0.25, -0.2) is 8.78 Å². The van der Waals surface area contributed by atoms with Crippen LogP contribution in [0.15, 0.2) is 36.4 Å². The van der Waals surface area contributed by atoms with Crippen LogP contribution in [0, 0.1) is 18.6 Å². The number of hydrogen-bond donors (Lipinski definition) is 1. The molecule has 2 aromatic carbocycles. The molecule has 0 fully saturated rings. The van der Waals surface area contributed by atoms with Gasteiger partial charge >= 0.3 is 0 Å². The Morgan fingerprint density at radius 1 is 1.11 bits per heavy atom. The molecule has 0 spiro atoms. The standard InChI is InChI=1S/C15H14ClF2N/c1-9-7-8-12(17)13(14(9)18)15(2,19)10-5-3-4-6-11(10)16/h3-8H,19H2,1-2H3. The summed E-state index contributed by atoms with van der Waals surface area (Å²) in [7, 11) is 0. The molecule has 0 bridgehead atoms. The molecule has 4 heteroatoms. The first-order chi connectivity index (χ1) is 8.85. The van der Waals surface area contributed by atoms with Gasteiger partial charge in [0.15, 0.2) is 0 Å². The van der Waals surface area contributed by atoms with Gasteiger partial charge in [-0.2, -0.15) is 0 Å². The fraction of sp³-hybridized carbons (Fsp3) is 0.200. The molecule has 0 aliphatic heterocycles. The van der Waals surface area contributed by atoms with E-state index in [1.54, 1.807) is 38.1 Å². The highest BCUT2D eigenvalue weighted by Gasteiger charge is 2.32. The largest absolute Gasteiger partial charge is 0.318 e. The van der Waals surface area contributed by atoms with Gasteiger partial charge in [0.25, 0.3) is 0 Å². The van der Waals surface area contributed by atoms with Crippen LogP contribution >= 0.6 is 11.6 Å². The maximum absolute atomic E-state index is 14.2. The lowest BCUT2D eigenvalue weighted by Crippen LogP contribution is -2.37. The average molecular weight is 282 g/mol. The Balaban J connectivity index is 2.70. The van der Waals surface area contributed by atoms with Gasteiger partial charge in [0.05, 0.1) is 5.54 Å². The van der Waals surface area contributed by atoms with E-state index in [0.29, 0.717) is 16.1 Å². The molecule has 0 amide bonds. The molecule has 1 unspecified atom stereocenters. The molecule has 1 nitrogen and oxygen atoms in total. The lowest BCUT2D eigenvalue weighted by Gasteiger charge is -2.28. The minimum atomic E-state index is -1.33. The van der Waals surface area contributed by atoms with Crippen molar-refractivity contribution in [3.63, 3.8) is 0 Å². The Labute approximate surface area is 116 Å². The summed E-state index contributed by atoms with van der Waals surface area (Å²) >= 11 is 6.08. The van der Waals surface area contributed by atoms with Crippen molar-refractivity contribution in [2.24, 2.45) is 5.73 Å². The van der Waals surface area contributed by atoms with Crippen LogP contribution in [0.2, 0.25) is 5.02 Å². The molecule has 0 aliphatic rings. The molecule has 0 aliphatic carbocycles. The zero-order valence-corrected chi connectivity index (χ0v) is 11.4. The Kier molecular flexibility index (Phi) is 3.61. The van der Waals surface area contributed by atoms with Crippen LogP contribution in [0.3, 0.4) is 0 Å². The first kappa shape index (κ1) is 14.0. The van der Waals surface area contributed by atoms with Gasteiger partial charge in [-0.05, 0) is 37.1 Å². The van der Waals surface area contributed by atoms with E-state index in [2.05, 4.69) is 0 Å². The van der Waals surface area contributed by atoms with Crippen molar-refractivity contribution >= 4 is 11.6 Å².